The molecule has 2 spiro atoms. The van der Waals surface area contributed by atoms with E-state index >= 15 is 0 Å². The third-order valence-electron chi connectivity index (χ3n) is 15.5. The molecule has 10 rings (SSSR count). The van der Waals surface area contributed by atoms with E-state index in [0.717, 1.165) is 30.4 Å². The number of allylic oxidation sites excluding steroid dienone is 18. The van der Waals surface area contributed by atoms with Gasteiger partial charge in [0.15, 0.2) is 41.2 Å². The van der Waals surface area contributed by atoms with Gasteiger partial charge in [0.1, 0.15) is 17.6 Å². The second-order valence-electron chi connectivity index (χ2n) is 21.8. The average Bonchev–Trinajstić information content (AvgIpc) is 4.23. The van der Waals surface area contributed by atoms with Gasteiger partial charge in [-0.05, 0) is 131 Å². The maximum atomic E-state index is 14.2. The first-order valence-corrected chi connectivity index (χ1v) is 25.1. The molecule has 2 fully saturated rings. The number of epoxide rings is 2. The zero-order valence-electron chi connectivity index (χ0n) is 42.2. The van der Waals surface area contributed by atoms with Crippen LogP contribution in [0.15, 0.2) is 136 Å². The number of benzene rings is 2. The van der Waals surface area contributed by atoms with Crippen molar-refractivity contribution in [2.24, 2.45) is 10.8 Å². The molecule has 0 aromatic heterocycles. The average molecular weight is 978 g/mol. The van der Waals surface area contributed by atoms with Crippen LogP contribution in [-0.2, 0) is 35.2 Å². The summed E-state index contributed by atoms with van der Waals surface area (Å²) < 4.78 is 37.7. The number of ketones is 2. The van der Waals surface area contributed by atoms with Crippen LogP contribution in [0.1, 0.15) is 145 Å². The summed E-state index contributed by atoms with van der Waals surface area (Å²) in [5.74, 6) is -3.82. The Morgan fingerprint density at radius 2 is 1.23 bits per heavy atom. The van der Waals surface area contributed by atoms with Crippen molar-refractivity contribution in [3.05, 3.63) is 169 Å². The fourth-order valence-corrected chi connectivity index (χ4v) is 12.1. The van der Waals surface area contributed by atoms with Crippen LogP contribution in [0.3, 0.4) is 0 Å². The number of esters is 2. The molecule has 10 nitrogen and oxygen atoms in total. The van der Waals surface area contributed by atoms with Crippen molar-refractivity contribution >= 4 is 35.1 Å². The van der Waals surface area contributed by atoms with E-state index in [-0.39, 0.29) is 44.2 Å². The first kappa shape index (κ1) is 48.7. The van der Waals surface area contributed by atoms with Gasteiger partial charge in [-0.15, -0.1) is 0 Å². The molecule has 2 aromatic rings. The predicted octanol–water partition coefficient (Wildman–Crippen LogP) is 13.0. The molecule has 0 amide bonds. The molecule has 4 aliphatic heterocycles. The van der Waals surface area contributed by atoms with Crippen molar-refractivity contribution in [3.63, 3.8) is 0 Å². The van der Waals surface area contributed by atoms with Crippen LogP contribution in [0.4, 0.5) is 0 Å². The number of carbonyl (C=O) groups is 4. The molecule has 71 heavy (non-hydrogen) atoms. The monoisotopic (exact) mass is 976 g/mol. The lowest BCUT2D eigenvalue weighted by molar-refractivity contribution is -0.262. The van der Waals surface area contributed by atoms with Crippen LogP contribution in [-0.4, -0.2) is 47.9 Å². The van der Waals surface area contributed by atoms with Crippen molar-refractivity contribution in [3.8, 4) is 17.2 Å². The fourth-order valence-electron chi connectivity index (χ4n) is 11.9. The molecule has 2 bridgehead atoms. The minimum atomic E-state index is -1.67. The first-order chi connectivity index (χ1) is 33.7. The van der Waals surface area contributed by atoms with Crippen molar-refractivity contribution in [2.45, 2.75) is 144 Å². The van der Waals surface area contributed by atoms with Gasteiger partial charge in [-0.3, -0.25) is 9.59 Å². The molecule has 0 N–H and O–H groups in total. The van der Waals surface area contributed by atoms with Crippen LogP contribution in [0.5, 0.6) is 17.2 Å². The van der Waals surface area contributed by atoms with Crippen LogP contribution in [0.25, 0.3) is 0 Å². The van der Waals surface area contributed by atoms with Crippen molar-refractivity contribution in [2.75, 3.05) is 0 Å². The van der Waals surface area contributed by atoms with E-state index in [1.165, 1.54) is 59.8 Å². The molecule has 4 aliphatic carbocycles. The Kier molecular flexibility index (Phi) is 12.1. The largest absolute Gasteiger partial charge is 0.454 e. The fraction of sp³-hybridized carbons (Fsp3) is 0.400. The third-order valence-corrected chi connectivity index (χ3v) is 15.8. The molecule has 2 aromatic carbocycles. The Morgan fingerprint density at radius 1 is 0.690 bits per heavy atom. The van der Waals surface area contributed by atoms with E-state index in [1.54, 1.807) is 32.1 Å². The van der Waals surface area contributed by atoms with Gasteiger partial charge in [0, 0.05) is 28.8 Å². The summed E-state index contributed by atoms with van der Waals surface area (Å²) in [5.41, 5.74) is 8.87. The summed E-state index contributed by atoms with van der Waals surface area (Å²) >= 11 is 7.03. The molecule has 4 heterocycles. The maximum Gasteiger partial charge on any atom is 0.336 e. The summed E-state index contributed by atoms with van der Waals surface area (Å²) in [6, 6.07) is 4.72. The van der Waals surface area contributed by atoms with Gasteiger partial charge in [-0.1, -0.05) is 122 Å². The number of hydrogen-bond donors (Lipinski definition) is 0. The molecule has 11 heteroatoms. The highest BCUT2D eigenvalue weighted by atomic mass is 35.5. The van der Waals surface area contributed by atoms with E-state index in [1.807, 2.05) is 44.2 Å². The number of halogens is 1. The molecule has 0 radical (unpaired) electrons. The normalized spacial score (nSPS) is 29.2. The zero-order valence-corrected chi connectivity index (χ0v) is 42.9. The number of carbonyl (C=O) groups excluding carboxylic acids is 4. The highest BCUT2D eigenvalue weighted by Crippen LogP contribution is 2.72. The SMILES string of the molecule is CC1=C(/C=C/C(C)=C/C=C/C(C)=C/C(=O)Oc2ccc3c4c2C(=O)[C@H]2O[C@H]2[C@@]42O[C@@]4(O3)c3c2cc(Cl)c(OC(=O)/C=C(C)/C=C/C=C(C)/C=C/C2=C(C)CCCC2(C)C)c3C(=O)[C@H]2O[C@H]24)C(C)(C)CCC1. The van der Waals surface area contributed by atoms with E-state index in [0.29, 0.717) is 27.8 Å². The van der Waals surface area contributed by atoms with Crippen LogP contribution in [0, 0.1) is 10.8 Å². The smallest absolute Gasteiger partial charge is 0.336 e. The van der Waals surface area contributed by atoms with Crippen molar-refractivity contribution < 1.29 is 47.6 Å². The second-order valence-corrected chi connectivity index (χ2v) is 22.2. The van der Waals surface area contributed by atoms with Gasteiger partial charge in [-0.2, -0.15) is 0 Å². The van der Waals surface area contributed by atoms with Gasteiger partial charge >= 0.3 is 11.9 Å². The summed E-state index contributed by atoms with van der Waals surface area (Å²) in [6.07, 6.45) is 26.1. The molecule has 0 saturated carbocycles. The number of rotatable bonds is 12. The van der Waals surface area contributed by atoms with E-state index < -0.39 is 59.3 Å². The molecule has 8 aliphatic rings. The van der Waals surface area contributed by atoms with Gasteiger partial charge in [0.25, 0.3) is 5.79 Å². The Balaban J connectivity index is 0.903. The first-order valence-electron chi connectivity index (χ1n) is 24.8. The Morgan fingerprint density at radius 3 is 1.80 bits per heavy atom. The second kappa shape index (κ2) is 17.7. The number of ether oxygens (including phenoxy) is 6. The molecule has 368 valence electrons. The van der Waals surface area contributed by atoms with Gasteiger partial charge in [0.2, 0.25) is 0 Å². The Labute approximate surface area is 421 Å². The number of fused-ring (bicyclic) bond motifs is 2. The topological polar surface area (TPSA) is 130 Å². The van der Waals surface area contributed by atoms with Crippen LogP contribution < -0.4 is 14.2 Å². The number of hydrogen-bond acceptors (Lipinski definition) is 10. The van der Waals surface area contributed by atoms with E-state index in [9.17, 15) is 19.2 Å². The lowest BCUT2D eigenvalue weighted by Crippen LogP contribution is -2.53. The standard InChI is InChI=1S/C60H61ClO10/c1-32(21-23-38-36(5)19-13-27-57(38,7)8)15-11-17-34(3)29-44(62)66-42-25-26-43-49-46(42)50(64)53-55(68-53)59(49)40-31-41(61)52(47-48(40)60(70-43,71-59)56-54(69-56)51(47)65)67-45(63)30-35(4)18-12-16-33(2)22-24-39-37(6)20-14-28-58(39,9)10/h11-12,15-18,21-26,29-31,53-56H,13-14,19-20,27-28H2,1-10H3/b17-11+,18-12+,23-21+,24-22+,32-15+,33-16+,34-29+,35-30+/t53-,54-,55-,56-,59+,60+/m1/s1. The quantitative estimate of drug-likeness (QED) is 0.0666. The van der Waals surface area contributed by atoms with Gasteiger partial charge in [-0.25, -0.2) is 9.59 Å². The van der Waals surface area contributed by atoms with Gasteiger partial charge in [0.05, 0.1) is 16.1 Å². The summed E-state index contributed by atoms with van der Waals surface area (Å²) in [7, 11) is 0. The summed E-state index contributed by atoms with van der Waals surface area (Å²) in [6.45, 7) is 21.2. The Hall–Kier alpha value is -5.91. The molecule has 0 unspecified atom stereocenters. The highest BCUT2D eigenvalue weighted by molar-refractivity contribution is 6.33. The molecule has 6 atom stereocenters. The lowest BCUT2D eigenvalue weighted by atomic mass is 9.72. The number of Topliss-reactive ketones (excluding diaryl/α,β-unsaturated/α-hetero) is 2. The third kappa shape index (κ3) is 8.34. The molecular weight excluding hydrogens is 916 g/mol. The molecular formula is C60H61ClO10. The minimum Gasteiger partial charge on any atom is -0.454 e. The highest BCUT2D eigenvalue weighted by Gasteiger charge is 2.81. The molecule has 2 saturated heterocycles. The van der Waals surface area contributed by atoms with Crippen LogP contribution in [0.2, 0.25) is 5.02 Å². The van der Waals surface area contributed by atoms with E-state index in [4.69, 9.17) is 40.0 Å². The van der Waals surface area contributed by atoms with Crippen molar-refractivity contribution in [1.29, 1.82) is 0 Å². The lowest BCUT2D eigenvalue weighted by Gasteiger charge is -2.43. The predicted molar refractivity (Wildman–Crippen MR) is 272 cm³/mol. The van der Waals surface area contributed by atoms with Crippen LogP contribution >= 0.6 is 11.6 Å². The Bertz CT molecular complexity index is 3070. The summed E-state index contributed by atoms with van der Waals surface area (Å²) in [5, 5.41) is -0.0335. The summed E-state index contributed by atoms with van der Waals surface area (Å²) in [4.78, 5) is 55.6. The minimum absolute atomic E-state index is 0.000375. The van der Waals surface area contributed by atoms with Gasteiger partial charge < -0.3 is 28.4 Å². The maximum absolute atomic E-state index is 14.2. The zero-order chi connectivity index (χ0) is 50.5. The van der Waals surface area contributed by atoms with Crippen molar-refractivity contribution in [1.82, 2.24) is 0 Å². The van der Waals surface area contributed by atoms with E-state index in [2.05, 4.69) is 65.8 Å².